The molecule has 220 valence electrons. The molecule has 1 aliphatic rings. The van der Waals surface area contributed by atoms with Gasteiger partial charge in [0, 0.05) is 28.6 Å². The van der Waals surface area contributed by atoms with Crippen molar-refractivity contribution in [2.24, 2.45) is 0 Å². The number of fused-ring (bicyclic) bond motifs is 1. The molecule has 5 rings (SSSR count). The third-order valence-electron chi connectivity index (χ3n) is 7.97. The van der Waals surface area contributed by atoms with Gasteiger partial charge >= 0.3 is 6.03 Å². The van der Waals surface area contributed by atoms with E-state index in [9.17, 15) is 4.79 Å². The van der Waals surface area contributed by atoms with Gasteiger partial charge in [0.25, 0.3) is 0 Å². The average Bonchev–Trinajstić information content (AvgIpc) is 3.38. The second-order valence-corrected chi connectivity index (χ2v) is 12.5. The number of hydrogen-bond acceptors (Lipinski definition) is 5. The number of aryl methyl sites for hydroxylation is 1. The number of carbonyl (C=O) groups is 1. The zero-order valence-corrected chi connectivity index (χ0v) is 25.8. The van der Waals surface area contributed by atoms with Gasteiger partial charge in [-0.3, -0.25) is 20.5 Å². The lowest BCUT2D eigenvalue weighted by atomic mass is 9.88. The summed E-state index contributed by atoms with van der Waals surface area (Å²) in [6.45, 7) is 10.5. The molecule has 0 radical (unpaired) electrons. The van der Waals surface area contributed by atoms with Crippen molar-refractivity contribution in [3.63, 3.8) is 0 Å². The summed E-state index contributed by atoms with van der Waals surface area (Å²) >= 11 is 0. The van der Waals surface area contributed by atoms with Crippen LogP contribution in [0.4, 0.5) is 16.3 Å². The second-order valence-electron chi connectivity index (χ2n) is 12.5. The summed E-state index contributed by atoms with van der Waals surface area (Å²) in [4.78, 5) is 20.0. The van der Waals surface area contributed by atoms with Crippen LogP contribution < -0.4 is 16.0 Å². The summed E-state index contributed by atoms with van der Waals surface area (Å²) in [5, 5.41) is 16.8. The average molecular weight is 566 g/mol. The molecule has 2 heterocycles. The van der Waals surface area contributed by atoms with Gasteiger partial charge in [-0.15, -0.1) is 0 Å². The number of benzene rings is 2. The Hall–Kier alpha value is -4.01. The first kappa shape index (κ1) is 29.5. The molecule has 4 aromatic rings. The van der Waals surface area contributed by atoms with Crippen LogP contribution in [0.15, 0.2) is 66.9 Å². The normalized spacial score (nSPS) is 16.4. The minimum absolute atomic E-state index is 0.185. The number of hydrogen-bond donors (Lipinski definition) is 3. The topological polar surface area (TPSA) is 87.1 Å². The first-order valence-electron chi connectivity index (χ1n) is 14.8. The van der Waals surface area contributed by atoms with Crippen molar-refractivity contribution >= 4 is 33.9 Å². The van der Waals surface area contributed by atoms with Crippen LogP contribution in [-0.4, -0.2) is 52.0 Å². The number of amides is 2. The number of pyridine rings is 1. The van der Waals surface area contributed by atoms with Crippen LogP contribution in [0.3, 0.4) is 0 Å². The molecular formula is C34H43N7O. The van der Waals surface area contributed by atoms with Gasteiger partial charge in [-0.05, 0) is 81.9 Å². The number of aromatic nitrogens is 3. The van der Waals surface area contributed by atoms with E-state index in [0.29, 0.717) is 18.0 Å². The summed E-state index contributed by atoms with van der Waals surface area (Å²) in [7, 11) is 4.19. The van der Waals surface area contributed by atoms with E-state index in [0.717, 1.165) is 52.8 Å². The lowest BCUT2D eigenvalue weighted by molar-refractivity contribution is 0.248. The van der Waals surface area contributed by atoms with Crippen LogP contribution in [0.1, 0.15) is 63.9 Å². The number of anilines is 2. The molecule has 2 atom stereocenters. The molecule has 8 nitrogen and oxygen atoms in total. The standard InChI is InChI=1S/C34H43N7O/c1-22-15-16-26(21-35-22)41-32(20-31(39-41)34(3,4)5)38-33(42)37-30-18-17-27(28-13-8-9-14-29(28)30)24-11-10-12-25(19-24)36-23(2)40(6)7/h8-9,13-21,23,25,36H,10-12H2,1-7H3,(H2,37,38,42). The van der Waals surface area contributed by atoms with Crippen LogP contribution in [0.5, 0.6) is 0 Å². The van der Waals surface area contributed by atoms with Crippen LogP contribution in [0, 0.1) is 6.92 Å². The molecule has 2 aromatic carbocycles. The van der Waals surface area contributed by atoms with Gasteiger partial charge in [0.1, 0.15) is 5.82 Å². The summed E-state index contributed by atoms with van der Waals surface area (Å²) in [6.07, 6.45) is 7.77. The molecule has 2 aromatic heterocycles. The van der Waals surface area contributed by atoms with Crippen molar-refractivity contribution in [2.45, 2.75) is 71.5 Å². The number of rotatable bonds is 7. The second kappa shape index (κ2) is 12.1. The maximum absolute atomic E-state index is 13.4. The first-order chi connectivity index (χ1) is 20.0. The molecule has 8 heteroatoms. The van der Waals surface area contributed by atoms with E-state index >= 15 is 0 Å². The number of nitrogens with one attached hydrogen (secondary N) is 3. The van der Waals surface area contributed by atoms with Gasteiger partial charge in [-0.2, -0.15) is 5.10 Å². The maximum atomic E-state index is 13.4. The predicted octanol–water partition coefficient (Wildman–Crippen LogP) is 7.10. The smallest absolute Gasteiger partial charge is 0.307 e. The summed E-state index contributed by atoms with van der Waals surface area (Å²) in [5.41, 5.74) is 5.73. The van der Waals surface area contributed by atoms with Crippen molar-refractivity contribution in [3.05, 3.63) is 83.8 Å². The lowest BCUT2D eigenvalue weighted by Gasteiger charge is -2.29. The van der Waals surface area contributed by atoms with Crippen LogP contribution in [0.2, 0.25) is 0 Å². The van der Waals surface area contributed by atoms with Gasteiger partial charge in [-0.25, -0.2) is 9.48 Å². The zero-order valence-electron chi connectivity index (χ0n) is 25.8. The highest BCUT2D eigenvalue weighted by atomic mass is 16.2. The summed E-state index contributed by atoms with van der Waals surface area (Å²) in [5.74, 6) is 0.585. The van der Waals surface area contributed by atoms with Crippen molar-refractivity contribution < 1.29 is 4.79 Å². The maximum Gasteiger partial charge on any atom is 0.324 e. The third-order valence-corrected chi connectivity index (χ3v) is 7.97. The highest BCUT2D eigenvalue weighted by Crippen LogP contribution is 2.35. The molecule has 0 saturated carbocycles. The molecule has 2 amide bonds. The van der Waals surface area contributed by atoms with E-state index in [2.05, 4.69) is 98.0 Å². The zero-order chi connectivity index (χ0) is 30.0. The molecule has 1 aliphatic carbocycles. The number of nitrogens with zero attached hydrogens (tertiary/aromatic N) is 4. The van der Waals surface area contributed by atoms with Gasteiger partial charge in [0.2, 0.25) is 0 Å². The van der Waals surface area contributed by atoms with Crippen LogP contribution >= 0.6 is 0 Å². The largest absolute Gasteiger partial charge is 0.324 e. The van der Waals surface area contributed by atoms with Gasteiger partial charge < -0.3 is 5.32 Å². The molecule has 0 fully saturated rings. The molecule has 0 aliphatic heterocycles. The SMILES string of the molecule is Cc1ccc(-n2nc(C(C)(C)C)cc2NC(=O)Nc2ccc(C3=CC(NC(C)N(C)C)CCC3)c3ccccc23)cn1. The fourth-order valence-corrected chi connectivity index (χ4v) is 5.31. The monoisotopic (exact) mass is 565 g/mol. The number of carbonyl (C=O) groups excluding carboxylic acids is 1. The summed E-state index contributed by atoms with van der Waals surface area (Å²) < 4.78 is 1.74. The Morgan fingerprint density at radius 2 is 1.81 bits per heavy atom. The molecular weight excluding hydrogens is 522 g/mol. The number of urea groups is 1. The van der Waals surface area contributed by atoms with Gasteiger partial charge in [0.05, 0.1) is 29.4 Å². The Bertz CT molecular complexity index is 1590. The highest BCUT2D eigenvalue weighted by molar-refractivity contribution is 6.08. The third kappa shape index (κ3) is 6.55. The lowest BCUT2D eigenvalue weighted by Crippen LogP contribution is -2.44. The molecule has 2 unspecified atom stereocenters. The van der Waals surface area contributed by atoms with E-state index in [4.69, 9.17) is 5.10 Å². The minimum Gasteiger partial charge on any atom is -0.307 e. The van der Waals surface area contributed by atoms with Crippen LogP contribution in [0.25, 0.3) is 22.0 Å². The highest BCUT2D eigenvalue weighted by Gasteiger charge is 2.23. The predicted molar refractivity (Wildman–Crippen MR) is 173 cm³/mol. The Kier molecular flexibility index (Phi) is 8.48. The number of allylic oxidation sites excluding steroid dienone is 1. The van der Waals surface area contributed by atoms with Crippen LogP contribution in [-0.2, 0) is 5.41 Å². The van der Waals surface area contributed by atoms with E-state index in [1.165, 1.54) is 11.1 Å². The van der Waals surface area contributed by atoms with E-state index in [1.807, 2.05) is 37.3 Å². The fourth-order valence-electron chi connectivity index (χ4n) is 5.31. The molecule has 0 saturated heterocycles. The van der Waals surface area contributed by atoms with E-state index < -0.39 is 0 Å². The van der Waals surface area contributed by atoms with Crippen molar-refractivity contribution in [1.29, 1.82) is 0 Å². The Morgan fingerprint density at radius 3 is 2.50 bits per heavy atom. The molecule has 42 heavy (non-hydrogen) atoms. The first-order valence-corrected chi connectivity index (χ1v) is 14.8. The fraction of sp³-hybridized carbons (Fsp3) is 0.382. The quantitative estimate of drug-likeness (QED) is 0.208. The van der Waals surface area contributed by atoms with Crippen molar-refractivity contribution in [2.75, 3.05) is 24.7 Å². The molecule has 0 spiro atoms. The van der Waals surface area contributed by atoms with Gasteiger partial charge in [-0.1, -0.05) is 57.2 Å². The minimum atomic E-state index is -0.326. The van der Waals surface area contributed by atoms with Gasteiger partial charge in [0.15, 0.2) is 0 Å². The van der Waals surface area contributed by atoms with Crippen molar-refractivity contribution in [1.82, 2.24) is 25.0 Å². The van der Waals surface area contributed by atoms with Crippen molar-refractivity contribution in [3.8, 4) is 5.69 Å². The Morgan fingerprint density at radius 1 is 1.05 bits per heavy atom. The Balaban J connectivity index is 1.41. The molecule has 0 bridgehead atoms. The van der Waals surface area contributed by atoms with E-state index in [-0.39, 0.29) is 11.4 Å². The summed E-state index contributed by atoms with van der Waals surface area (Å²) in [6, 6.07) is 18.3. The Labute approximate surface area is 249 Å². The van der Waals surface area contributed by atoms with E-state index in [1.54, 1.807) is 10.9 Å². The molecule has 3 N–H and O–H groups in total.